The Morgan fingerprint density at radius 1 is 1.12 bits per heavy atom. The summed E-state index contributed by atoms with van der Waals surface area (Å²) in [4.78, 5) is 37.2. The number of nitrogens with one attached hydrogen (secondary N) is 1. The maximum absolute atomic E-state index is 12.3. The van der Waals surface area contributed by atoms with Crippen molar-refractivity contribution < 1.29 is 19.1 Å². The molecule has 2 aromatic carbocycles. The fraction of sp³-hybridized carbons (Fsp3) is 0.211. The first-order chi connectivity index (χ1) is 12.4. The number of halogens is 1. The van der Waals surface area contributed by atoms with Crippen LogP contribution in [0.2, 0.25) is 5.02 Å². The van der Waals surface area contributed by atoms with Gasteiger partial charge in [0.15, 0.2) is 0 Å². The molecule has 0 saturated carbocycles. The quantitative estimate of drug-likeness (QED) is 0.785. The van der Waals surface area contributed by atoms with Crippen LogP contribution in [0.15, 0.2) is 48.5 Å². The molecule has 0 aliphatic carbocycles. The average molecular weight is 375 g/mol. The van der Waals surface area contributed by atoms with Crippen LogP contribution in [0.3, 0.4) is 0 Å². The molecule has 1 N–H and O–H groups in total. The smallest absolute Gasteiger partial charge is 0.338 e. The van der Waals surface area contributed by atoms with Crippen LogP contribution in [0, 0.1) is 0 Å². The largest absolute Gasteiger partial charge is 0.462 e. The Hall–Kier alpha value is -2.86. The maximum atomic E-state index is 12.3. The van der Waals surface area contributed by atoms with E-state index in [-0.39, 0.29) is 25.0 Å². The van der Waals surface area contributed by atoms with Gasteiger partial charge in [-0.1, -0.05) is 17.7 Å². The predicted molar refractivity (Wildman–Crippen MR) is 101 cm³/mol. The highest BCUT2D eigenvalue weighted by Crippen LogP contribution is 2.18. The minimum absolute atomic E-state index is 0.166. The van der Waals surface area contributed by atoms with Crippen LogP contribution in [0.4, 0.5) is 11.4 Å². The third-order valence-corrected chi connectivity index (χ3v) is 3.72. The van der Waals surface area contributed by atoms with Crippen molar-refractivity contribution in [2.45, 2.75) is 13.8 Å². The molecule has 0 fully saturated rings. The van der Waals surface area contributed by atoms with E-state index in [1.54, 1.807) is 55.5 Å². The number of anilines is 2. The highest BCUT2D eigenvalue weighted by atomic mass is 35.5. The highest BCUT2D eigenvalue weighted by Gasteiger charge is 2.17. The molecule has 0 aromatic heterocycles. The zero-order valence-electron chi connectivity index (χ0n) is 14.5. The summed E-state index contributed by atoms with van der Waals surface area (Å²) in [7, 11) is 0. The number of carbonyl (C=O) groups is 3. The van der Waals surface area contributed by atoms with Crippen molar-refractivity contribution in [1.82, 2.24) is 0 Å². The molecule has 6 nitrogen and oxygen atoms in total. The van der Waals surface area contributed by atoms with Gasteiger partial charge in [-0.05, 0) is 49.4 Å². The summed E-state index contributed by atoms with van der Waals surface area (Å²) < 4.78 is 4.92. The minimum atomic E-state index is -0.438. The van der Waals surface area contributed by atoms with Gasteiger partial charge < -0.3 is 15.0 Å². The monoisotopic (exact) mass is 374 g/mol. The van der Waals surface area contributed by atoms with Gasteiger partial charge in [0.2, 0.25) is 11.8 Å². The van der Waals surface area contributed by atoms with Crippen molar-refractivity contribution in [3.8, 4) is 0 Å². The van der Waals surface area contributed by atoms with E-state index in [1.165, 1.54) is 11.8 Å². The molecule has 136 valence electrons. The van der Waals surface area contributed by atoms with Gasteiger partial charge in [-0.2, -0.15) is 0 Å². The zero-order valence-corrected chi connectivity index (χ0v) is 15.2. The summed E-state index contributed by atoms with van der Waals surface area (Å²) in [6.07, 6.45) is 0. The summed E-state index contributed by atoms with van der Waals surface area (Å²) in [6, 6.07) is 13.0. The SMILES string of the molecule is CCOC(=O)c1ccc(N(CC(=O)Nc2cccc(Cl)c2)C(C)=O)cc1. The van der Waals surface area contributed by atoms with E-state index >= 15 is 0 Å². The van der Waals surface area contributed by atoms with Gasteiger partial charge in [0.1, 0.15) is 6.54 Å². The third kappa shape index (κ3) is 5.32. The molecular formula is C19H19ClN2O4. The number of rotatable bonds is 6. The normalized spacial score (nSPS) is 10.1. The molecule has 2 amide bonds. The van der Waals surface area contributed by atoms with Crippen molar-refractivity contribution >= 4 is 40.8 Å². The van der Waals surface area contributed by atoms with Gasteiger partial charge in [0, 0.05) is 23.3 Å². The fourth-order valence-corrected chi connectivity index (χ4v) is 2.48. The first kappa shape index (κ1) is 19.5. The fourth-order valence-electron chi connectivity index (χ4n) is 2.29. The van der Waals surface area contributed by atoms with E-state index in [0.717, 1.165) is 0 Å². The second kappa shape index (κ2) is 9.01. The lowest BCUT2D eigenvalue weighted by Gasteiger charge is -2.21. The summed E-state index contributed by atoms with van der Waals surface area (Å²) in [5.41, 5.74) is 1.43. The number of esters is 1. The Morgan fingerprint density at radius 2 is 1.81 bits per heavy atom. The van der Waals surface area contributed by atoms with Crippen molar-refractivity contribution in [1.29, 1.82) is 0 Å². The lowest BCUT2D eigenvalue weighted by Crippen LogP contribution is -2.36. The van der Waals surface area contributed by atoms with E-state index < -0.39 is 5.97 Å². The van der Waals surface area contributed by atoms with Crippen molar-refractivity contribution in [2.24, 2.45) is 0 Å². The van der Waals surface area contributed by atoms with E-state index in [0.29, 0.717) is 22.0 Å². The van der Waals surface area contributed by atoms with Gasteiger partial charge in [0.05, 0.1) is 12.2 Å². The summed E-state index contributed by atoms with van der Waals surface area (Å²) >= 11 is 5.89. The number of carbonyl (C=O) groups excluding carboxylic acids is 3. The lowest BCUT2D eigenvalue weighted by molar-refractivity contribution is -0.120. The summed E-state index contributed by atoms with van der Waals surface area (Å²) in [5, 5.41) is 3.19. The number of hydrogen-bond donors (Lipinski definition) is 1. The molecule has 0 radical (unpaired) electrons. The van der Waals surface area contributed by atoms with Crippen LogP contribution in [-0.4, -0.2) is 30.9 Å². The number of amides is 2. The third-order valence-electron chi connectivity index (χ3n) is 3.48. The minimum Gasteiger partial charge on any atom is -0.462 e. The Labute approximate surface area is 156 Å². The summed E-state index contributed by atoms with van der Waals surface area (Å²) in [6.45, 7) is 3.21. The molecule has 0 aliphatic heterocycles. The van der Waals surface area contributed by atoms with Crippen molar-refractivity contribution in [3.05, 3.63) is 59.1 Å². The predicted octanol–water partition coefficient (Wildman–Crippen LogP) is 3.51. The van der Waals surface area contributed by atoms with E-state index in [4.69, 9.17) is 16.3 Å². The Kier molecular flexibility index (Phi) is 6.74. The molecule has 7 heteroatoms. The molecule has 0 spiro atoms. The van der Waals surface area contributed by atoms with Gasteiger partial charge >= 0.3 is 5.97 Å². The van der Waals surface area contributed by atoms with Crippen LogP contribution in [0.5, 0.6) is 0 Å². The molecule has 26 heavy (non-hydrogen) atoms. The van der Waals surface area contributed by atoms with E-state index in [1.807, 2.05) is 0 Å². The van der Waals surface area contributed by atoms with Crippen molar-refractivity contribution in [2.75, 3.05) is 23.4 Å². The molecule has 0 bridgehead atoms. The Bertz CT molecular complexity index is 805. The van der Waals surface area contributed by atoms with Crippen LogP contribution >= 0.6 is 11.6 Å². The maximum Gasteiger partial charge on any atom is 0.338 e. The molecular weight excluding hydrogens is 356 g/mol. The molecule has 2 aromatic rings. The van der Waals surface area contributed by atoms with Gasteiger partial charge in [-0.15, -0.1) is 0 Å². The average Bonchev–Trinajstić information content (AvgIpc) is 2.60. The summed E-state index contributed by atoms with van der Waals surface area (Å²) in [5.74, 6) is -1.10. The molecule has 0 aliphatic rings. The topological polar surface area (TPSA) is 75.7 Å². The van der Waals surface area contributed by atoms with Crippen LogP contribution < -0.4 is 10.2 Å². The van der Waals surface area contributed by atoms with E-state index in [9.17, 15) is 14.4 Å². The molecule has 0 heterocycles. The highest BCUT2D eigenvalue weighted by molar-refractivity contribution is 6.30. The van der Waals surface area contributed by atoms with Gasteiger partial charge in [0.25, 0.3) is 0 Å². The first-order valence-corrected chi connectivity index (χ1v) is 8.39. The van der Waals surface area contributed by atoms with Crippen molar-refractivity contribution in [3.63, 3.8) is 0 Å². The van der Waals surface area contributed by atoms with Crippen LogP contribution in [-0.2, 0) is 14.3 Å². The van der Waals surface area contributed by atoms with Crippen LogP contribution in [0.25, 0.3) is 0 Å². The molecule has 0 unspecified atom stereocenters. The second-order valence-electron chi connectivity index (χ2n) is 5.43. The number of ether oxygens (including phenoxy) is 1. The number of benzene rings is 2. The molecule has 2 rings (SSSR count). The van der Waals surface area contributed by atoms with Gasteiger partial charge in [-0.3, -0.25) is 9.59 Å². The second-order valence-corrected chi connectivity index (χ2v) is 5.87. The standard InChI is InChI=1S/C19H19ClN2O4/c1-3-26-19(25)14-7-9-17(10-8-14)22(13(2)23)12-18(24)21-16-6-4-5-15(20)11-16/h4-11H,3,12H2,1-2H3,(H,21,24). The molecule has 0 atom stereocenters. The number of nitrogens with zero attached hydrogens (tertiary/aromatic N) is 1. The number of hydrogen-bond acceptors (Lipinski definition) is 4. The molecule has 0 saturated heterocycles. The van der Waals surface area contributed by atoms with E-state index in [2.05, 4.69) is 5.32 Å². The lowest BCUT2D eigenvalue weighted by atomic mass is 10.2. The Balaban J connectivity index is 2.09. The van der Waals surface area contributed by atoms with Crippen LogP contribution in [0.1, 0.15) is 24.2 Å². The Morgan fingerprint density at radius 3 is 2.38 bits per heavy atom. The van der Waals surface area contributed by atoms with Gasteiger partial charge in [-0.25, -0.2) is 4.79 Å². The zero-order chi connectivity index (χ0) is 19.1. The first-order valence-electron chi connectivity index (χ1n) is 8.01.